The molecule has 1 aromatic rings. The lowest BCUT2D eigenvalue weighted by atomic mass is 9.98. The summed E-state index contributed by atoms with van der Waals surface area (Å²) in [5.41, 5.74) is 2.45. The molecule has 0 aromatic heterocycles. The number of aliphatic carboxylic acids is 1. The molecule has 2 unspecified atom stereocenters. The van der Waals surface area contributed by atoms with Crippen molar-refractivity contribution in [1.29, 1.82) is 0 Å². The highest BCUT2D eigenvalue weighted by Gasteiger charge is 2.38. The van der Waals surface area contributed by atoms with Gasteiger partial charge in [-0.3, -0.25) is 4.79 Å². The number of hydrogen-bond donors (Lipinski definition) is 1. The summed E-state index contributed by atoms with van der Waals surface area (Å²) in [5, 5.41) is 9.11. The largest absolute Gasteiger partial charge is 0.481 e. The fourth-order valence-electron chi connectivity index (χ4n) is 1.76. The van der Waals surface area contributed by atoms with Crippen molar-refractivity contribution in [2.45, 2.75) is 18.6 Å². The van der Waals surface area contributed by atoms with Gasteiger partial charge in [-0.1, -0.05) is 31.2 Å². The molecule has 1 saturated heterocycles. The second-order valence-corrected chi connectivity index (χ2v) is 4.97. The van der Waals surface area contributed by atoms with Crippen molar-refractivity contribution in [3.63, 3.8) is 0 Å². The molecule has 1 aliphatic rings. The van der Waals surface area contributed by atoms with Crippen molar-refractivity contribution in [1.82, 2.24) is 0 Å². The van der Waals surface area contributed by atoms with Gasteiger partial charge in [0.2, 0.25) is 0 Å². The van der Waals surface area contributed by atoms with Crippen LogP contribution in [-0.4, -0.2) is 16.8 Å². The Bertz CT molecular complexity index is 358. The molecule has 0 aliphatic carbocycles. The van der Waals surface area contributed by atoms with Crippen molar-refractivity contribution >= 4 is 17.7 Å². The summed E-state index contributed by atoms with van der Waals surface area (Å²) in [7, 11) is 0. The summed E-state index contributed by atoms with van der Waals surface area (Å²) in [6.45, 7) is 2.12. The molecule has 0 spiro atoms. The summed E-state index contributed by atoms with van der Waals surface area (Å²) in [6.07, 6.45) is 1.03. The van der Waals surface area contributed by atoms with Gasteiger partial charge in [0.15, 0.2) is 0 Å². The number of aryl methyl sites for hydroxylation is 1. The lowest BCUT2D eigenvalue weighted by Gasteiger charge is -2.33. The fraction of sp³-hybridized carbons (Fsp3) is 0.417. The van der Waals surface area contributed by atoms with Crippen LogP contribution in [0.25, 0.3) is 0 Å². The molecule has 2 nitrogen and oxygen atoms in total. The van der Waals surface area contributed by atoms with Gasteiger partial charge in [0.25, 0.3) is 0 Å². The molecule has 0 radical (unpaired) electrons. The molecule has 0 bridgehead atoms. The Hall–Kier alpha value is -0.960. The minimum atomic E-state index is -0.668. The first-order valence-corrected chi connectivity index (χ1v) is 6.20. The van der Waals surface area contributed by atoms with Crippen LogP contribution in [0.5, 0.6) is 0 Å². The molecule has 1 fully saturated rings. The highest BCUT2D eigenvalue weighted by molar-refractivity contribution is 8.01. The zero-order chi connectivity index (χ0) is 10.8. The van der Waals surface area contributed by atoms with E-state index in [0.29, 0.717) is 0 Å². The Labute approximate surface area is 93.7 Å². The number of thioether (sulfide) groups is 1. The van der Waals surface area contributed by atoms with Gasteiger partial charge in [0.1, 0.15) is 0 Å². The number of carboxylic acids is 1. The van der Waals surface area contributed by atoms with Crippen LogP contribution in [0, 0.1) is 5.92 Å². The van der Waals surface area contributed by atoms with Crippen molar-refractivity contribution in [3.05, 3.63) is 35.4 Å². The van der Waals surface area contributed by atoms with Crippen LogP contribution in [0.3, 0.4) is 0 Å². The maximum absolute atomic E-state index is 10.9. The lowest BCUT2D eigenvalue weighted by molar-refractivity contribution is -0.141. The summed E-state index contributed by atoms with van der Waals surface area (Å²) in [5.74, 6) is -0.115. The Morgan fingerprint density at radius 3 is 2.53 bits per heavy atom. The predicted octanol–water partition coefficient (Wildman–Crippen LogP) is 2.74. The molecule has 0 amide bonds. The van der Waals surface area contributed by atoms with Crippen LogP contribution in [0.15, 0.2) is 24.3 Å². The summed E-state index contributed by atoms with van der Waals surface area (Å²) in [4.78, 5) is 10.9. The number of carboxylic acid groups (broad SMARTS) is 1. The van der Waals surface area contributed by atoms with E-state index in [0.717, 1.165) is 17.7 Å². The van der Waals surface area contributed by atoms with Crippen LogP contribution < -0.4 is 0 Å². The van der Waals surface area contributed by atoms with Gasteiger partial charge in [-0.25, -0.2) is 0 Å². The average Bonchev–Trinajstić information content (AvgIpc) is 2.16. The standard InChI is InChI=1S/C12H14O2S/c1-2-8-3-5-9(6-4-8)11-10(7-15-11)12(13)14/h3-6,10-11H,2,7H2,1H3,(H,13,14). The Morgan fingerprint density at radius 1 is 1.47 bits per heavy atom. The Kier molecular flexibility index (Phi) is 3.00. The first-order chi connectivity index (χ1) is 7.22. The maximum atomic E-state index is 10.9. The molecule has 2 rings (SSSR count). The first kappa shape index (κ1) is 10.6. The van der Waals surface area contributed by atoms with Crippen molar-refractivity contribution in [3.8, 4) is 0 Å². The number of rotatable bonds is 3. The third-order valence-electron chi connectivity index (χ3n) is 2.85. The average molecular weight is 222 g/mol. The van der Waals surface area contributed by atoms with E-state index in [1.165, 1.54) is 5.56 Å². The molecule has 0 saturated carbocycles. The molecule has 1 N–H and O–H groups in total. The molecule has 15 heavy (non-hydrogen) atoms. The number of carbonyl (C=O) groups is 1. The van der Waals surface area contributed by atoms with Crippen molar-refractivity contribution < 1.29 is 9.90 Å². The van der Waals surface area contributed by atoms with Crippen LogP contribution >= 0.6 is 11.8 Å². The predicted molar refractivity (Wildman–Crippen MR) is 62.1 cm³/mol. The Balaban J connectivity index is 2.13. The summed E-state index contributed by atoms with van der Waals surface area (Å²) >= 11 is 1.73. The Morgan fingerprint density at radius 2 is 2.13 bits per heavy atom. The second kappa shape index (κ2) is 4.27. The zero-order valence-electron chi connectivity index (χ0n) is 8.64. The monoisotopic (exact) mass is 222 g/mol. The molecular weight excluding hydrogens is 208 g/mol. The lowest BCUT2D eigenvalue weighted by Crippen LogP contribution is -2.30. The maximum Gasteiger partial charge on any atom is 0.308 e. The molecule has 3 heteroatoms. The van der Waals surface area contributed by atoms with E-state index >= 15 is 0 Å². The molecule has 80 valence electrons. The van der Waals surface area contributed by atoms with E-state index in [4.69, 9.17) is 5.11 Å². The van der Waals surface area contributed by atoms with E-state index in [-0.39, 0.29) is 11.2 Å². The molecule has 1 aromatic carbocycles. The smallest absolute Gasteiger partial charge is 0.308 e. The van der Waals surface area contributed by atoms with Gasteiger partial charge >= 0.3 is 5.97 Å². The molecule has 1 heterocycles. The summed E-state index contributed by atoms with van der Waals surface area (Å²) in [6, 6.07) is 8.30. The van der Waals surface area contributed by atoms with Crippen LogP contribution in [0.4, 0.5) is 0 Å². The highest BCUT2D eigenvalue weighted by Crippen LogP contribution is 2.47. The highest BCUT2D eigenvalue weighted by atomic mass is 32.2. The van der Waals surface area contributed by atoms with Gasteiger partial charge in [0.05, 0.1) is 5.92 Å². The van der Waals surface area contributed by atoms with Crippen LogP contribution in [-0.2, 0) is 11.2 Å². The van der Waals surface area contributed by atoms with E-state index in [2.05, 4.69) is 31.2 Å². The van der Waals surface area contributed by atoms with Crippen molar-refractivity contribution in [2.24, 2.45) is 5.92 Å². The third-order valence-corrected chi connectivity index (χ3v) is 4.37. The normalized spacial score (nSPS) is 24.6. The fourth-order valence-corrected chi connectivity index (χ4v) is 2.95. The van der Waals surface area contributed by atoms with Gasteiger partial charge in [-0.2, -0.15) is 11.8 Å². The number of hydrogen-bond acceptors (Lipinski definition) is 2. The van der Waals surface area contributed by atoms with E-state index in [9.17, 15) is 4.79 Å². The quantitative estimate of drug-likeness (QED) is 0.854. The van der Waals surface area contributed by atoms with Gasteiger partial charge in [-0.15, -0.1) is 0 Å². The topological polar surface area (TPSA) is 37.3 Å². The van der Waals surface area contributed by atoms with Gasteiger partial charge in [0, 0.05) is 11.0 Å². The third kappa shape index (κ3) is 2.02. The summed E-state index contributed by atoms with van der Waals surface area (Å²) < 4.78 is 0. The van der Waals surface area contributed by atoms with E-state index in [1.807, 2.05) is 0 Å². The van der Waals surface area contributed by atoms with Crippen molar-refractivity contribution in [2.75, 3.05) is 5.75 Å². The molecule has 2 atom stereocenters. The van der Waals surface area contributed by atoms with Crippen LogP contribution in [0.1, 0.15) is 23.3 Å². The minimum Gasteiger partial charge on any atom is -0.481 e. The van der Waals surface area contributed by atoms with Crippen LogP contribution in [0.2, 0.25) is 0 Å². The zero-order valence-corrected chi connectivity index (χ0v) is 9.46. The molecule has 1 aliphatic heterocycles. The van der Waals surface area contributed by atoms with E-state index < -0.39 is 5.97 Å². The number of benzene rings is 1. The first-order valence-electron chi connectivity index (χ1n) is 5.15. The van der Waals surface area contributed by atoms with E-state index in [1.54, 1.807) is 11.8 Å². The van der Waals surface area contributed by atoms with Gasteiger partial charge < -0.3 is 5.11 Å². The molecular formula is C12H14O2S. The minimum absolute atomic E-state index is 0.161. The second-order valence-electron chi connectivity index (χ2n) is 3.79. The SMILES string of the molecule is CCc1ccc(C2SCC2C(=O)O)cc1. The van der Waals surface area contributed by atoms with Gasteiger partial charge in [-0.05, 0) is 17.5 Å².